The number of aromatic nitrogens is 1. The standard InChI is InChI=1S/C48H33N3/c1-51-46(44-29-35-14-4-6-16-37(35)40-19-9-11-21-42(40)44)30-45(43-28-34-13-3-5-15-36(34)39-18-8-10-20-41(39)43)50-48(51)33-24-22-32(23-25-33)47-38-17-7-2-12-31(38)26-27-49-47/h2-30,46H,1H3. The molecule has 51 heavy (non-hydrogen) atoms. The molecule has 0 amide bonds. The van der Waals surface area contributed by atoms with Gasteiger partial charge in [0, 0.05) is 35.3 Å². The second kappa shape index (κ2) is 11.8. The number of benzene rings is 8. The molecule has 1 aliphatic rings. The maximum atomic E-state index is 5.52. The van der Waals surface area contributed by atoms with Gasteiger partial charge in [-0.25, -0.2) is 4.99 Å². The van der Waals surface area contributed by atoms with E-state index in [1.807, 2.05) is 6.20 Å². The van der Waals surface area contributed by atoms with Gasteiger partial charge in [-0.2, -0.15) is 0 Å². The molecular formula is C48H33N3. The topological polar surface area (TPSA) is 28.5 Å². The van der Waals surface area contributed by atoms with Crippen molar-refractivity contribution in [3.05, 3.63) is 193 Å². The number of amidine groups is 1. The SMILES string of the molecule is CN1C(c2ccc(-c3nccc4ccccc34)cc2)=NC(c2cc3ccccc3c3ccccc23)=CC1c1cc2ccccc2c2ccccc12. The Bertz CT molecular complexity index is 2880. The van der Waals surface area contributed by atoms with Crippen molar-refractivity contribution in [3.8, 4) is 11.3 Å². The number of pyridine rings is 1. The van der Waals surface area contributed by atoms with Crippen LogP contribution in [0.3, 0.4) is 0 Å². The maximum absolute atomic E-state index is 5.52. The molecule has 10 rings (SSSR count). The van der Waals surface area contributed by atoms with E-state index in [1.54, 1.807) is 0 Å². The highest BCUT2D eigenvalue weighted by Crippen LogP contribution is 2.41. The average Bonchev–Trinajstić information content (AvgIpc) is 3.20. The Kier molecular flexibility index (Phi) is 6.78. The Morgan fingerprint density at radius 1 is 0.471 bits per heavy atom. The summed E-state index contributed by atoms with van der Waals surface area (Å²) in [5, 5.41) is 12.3. The number of fused-ring (bicyclic) bond motifs is 7. The van der Waals surface area contributed by atoms with Gasteiger partial charge in [-0.15, -0.1) is 0 Å². The van der Waals surface area contributed by atoms with Crippen LogP contribution < -0.4 is 0 Å². The molecule has 0 fully saturated rings. The molecule has 1 aliphatic heterocycles. The Hall–Kier alpha value is -6.58. The minimum atomic E-state index is -0.0633. The molecule has 8 aromatic carbocycles. The zero-order chi connectivity index (χ0) is 33.9. The zero-order valence-corrected chi connectivity index (χ0v) is 28.2. The van der Waals surface area contributed by atoms with Crippen molar-refractivity contribution >= 4 is 65.4 Å². The van der Waals surface area contributed by atoms with Crippen molar-refractivity contribution < 1.29 is 0 Å². The molecular weight excluding hydrogens is 619 g/mol. The third-order valence-corrected chi connectivity index (χ3v) is 10.5. The predicted octanol–water partition coefficient (Wildman–Crippen LogP) is 12.0. The smallest absolute Gasteiger partial charge is 0.137 e. The van der Waals surface area contributed by atoms with E-state index in [9.17, 15) is 0 Å². The molecule has 0 saturated carbocycles. The van der Waals surface area contributed by atoms with Gasteiger partial charge in [0.25, 0.3) is 0 Å². The van der Waals surface area contributed by atoms with Gasteiger partial charge in [-0.3, -0.25) is 4.98 Å². The quantitative estimate of drug-likeness (QED) is 0.177. The van der Waals surface area contributed by atoms with Gasteiger partial charge in [0.1, 0.15) is 5.84 Å². The van der Waals surface area contributed by atoms with Crippen molar-refractivity contribution in [2.75, 3.05) is 7.05 Å². The number of nitrogens with zero attached hydrogens (tertiary/aromatic N) is 3. The first-order chi connectivity index (χ1) is 25.2. The molecule has 1 unspecified atom stereocenters. The minimum absolute atomic E-state index is 0.0633. The van der Waals surface area contributed by atoms with Crippen LogP contribution in [0.1, 0.15) is 22.7 Å². The van der Waals surface area contributed by atoms with Crippen LogP contribution >= 0.6 is 0 Å². The lowest BCUT2D eigenvalue weighted by molar-refractivity contribution is 0.437. The fourth-order valence-corrected chi connectivity index (χ4v) is 8.06. The van der Waals surface area contributed by atoms with Crippen LogP contribution in [0.25, 0.3) is 70.8 Å². The third-order valence-electron chi connectivity index (χ3n) is 10.5. The Balaban J connectivity index is 1.19. The molecule has 240 valence electrons. The molecule has 0 saturated heterocycles. The first-order valence-corrected chi connectivity index (χ1v) is 17.5. The first kappa shape index (κ1) is 29.3. The van der Waals surface area contributed by atoms with Gasteiger partial charge in [0.2, 0.25) is 0 Å². The van der Waals surface area contributed by atoms with Crippen LogP contribution in [-0.4, -0.2) is 22.8 Å². The molecule has 1 atom stereocenters. The van der Waals surface area contributed by atoms with Crippen molar-refractivity contribution in [2.24, 2.45) is 4.99 Å². The van der Waals surface area contributed by atoms with E-state index in [0.29, 0.717) is 0 Å². The summed E-state index contributed by atoms with van der Waals surface area (Å²) in [6, 6.07) is 58.8. The molecule has 2 heterocycles. The van der Waals surface area contributed by atoms with E-state index < -0.39 is 0 Å². The van der Waals surface area contributed by atoms with Crippen LogP contribution in [-0.2, 0) is 0 Å². The molecule has 0 N–H and O–H groups in total. The Morgan fingerprint density at radius 3 is 1.71 bits per heavy atom. The lowest BCUT2D eigenvalue weighted by Gasteiger charge is -2.34. The number of aliphatic imine (C=N–C) groups is 1. The van der Waals surface area contributed by atoms with E-state index >= 15 is 0 Å². The number of likely N-dealkylation sites (N-methyl/N-ethyl adjacent to an activating group) is 1. The van der Waals surface area contributed by atoms with Crippen molar-refractivity contribution in [1.82, 2.24) is 9.88 Å². The fourth-order valence-electron chi connectivity index (χ4n) is 8.06. The molecule has 0 aliphatic carbocycles. The van der Waals surface area contributed by atoms with Gasteiger partial charge in [-0.1, -0.05) is 146 Å². The van der Waals surface area contributed by atoms with Gasteiger partial charge in [0.15, 0.2) is 0 Å². The van der Waals surface area contributed by atoms with Crippen LogP contribution in [0.4, 0.5) is 0 Å². The Labute approximate surface area is 296 Å². The second-order valence-corrected chi connectivity index (χ2v) is 13.4. The summed E-state index contributed by atoms with van der Waals surface area (Å²) in [7, 11) is 2.18. The van der Waals surface area contributed by atoms with Crippen LogP contribution in [0, 0.1) is 0 Å². The molecule has 0 bridgehead atoms. The van der Waals surface area contributed by atoms with E-state index in [1.165, 1.54) is 54.0 Å². The predicted molar refractivity (Wildman–Crippen MR) is 215 cm³/mol. The zero-order valence-electron chi connectivity index (χ0n) is 28.2. The summed E-state index contributed by atoms with van der Waals surface area (Å²) in [6.45, 7) is 0. The lowest BCUT2D eigenvalue weighted by Crippen LogP contribution is -2.33. The van der Waals surface area contributed by atoms with Gasteiger partial charge < -0.3 is 4.90 Å². The summed E-state index contributed by atoms with van der Waals surface area (Å²) in [5.41, 5.74) is 6.52. The summed E-state index contributed by atoms with van der Waals surface area (Å²) in [4.78, 5) is 12.7. The number of hydrogen-bond donors (Lipinski definition) is 0. The summed E-state index contributed by atoms with van der Waals surface area (Å²) >= 11 is 0. The highest BCUT2D eigenvalue weighted by atomic mass is 15.2. The molecule has 1 aromatic heterocycles. The van der Waals surface area contributed by atoms with E-state index in [0.717, 1.165) is 39.3 Å². The third kappa shape index (κ3) is 4.81. The minimum Gasteiger partial charge on any atom is -0.349 e. The molecule has 0 radical (unpaired) electrons. The van der Waals surface area contributed by atoms with Crippen molar-refractivity contribution in [1.29, 1.82) is 0 Å². The largest absolute Gasteiger partial charge is 0.349 e. The molecule has 3 nitrogen and oxygen atoms in total. The van der Waals surface area contributed by atoms with Crippen LogP contribution in [0.2, 0.25) is 0 Å². The normalized spacial score (nSPS) is 14.8. The number of rotatable bonds is 4. The van der Waals surface area contributed by atoms with Gasteiger partial charge in [0.05, 0.1) is 17.4 Å². The lowest BCUT2D eigenvalue weighted by atomic mass is 9.89. The summed E-state index contributed by atoms with van der Waals surface area (Å²) in [6.07, 6.45) is 4.26. The van der Waals surface area contributed by atoms with Crippen LogP contribution in [0.5, 0.6) is 0 Å². The second-order valence-electron chi connectivity index (χ2n) is 13.4. The molecule has 3 heteroatoms. The van der Waals surface area contributed by atoms with Crippen molar-refractivity contribution in [2.45, 2.75) is 6.04 Å². The summed E-state index contributed by atoms with van der Waals surface area (Å²) in [5.74, 6) is 0.935. The highest BCUT2D eigenvalue weighted by Gasteiger charge is 2.28. The summed E-state index contributed by atoms with van der Waals surface area (Å²) < 4.78 is 0. The van der Waals surface area contributed by atoms with E-state index in [-0.39, 0.29) is 6.04 Å². The highest BCUT2D eigenvalue weighted by molar-refractivity contribution is 6.14. The fraction of sp³-hybridized carbons (Fsp3) is 0.0417. The van der Waals surface area contributed by atoms with Crippen LogP contribution in [0.15, 0.2) is 181 Å². The number of hydrogen-bond acceptors (Lipinski definition) is 3. The Morgan fingerprint density at radius 2 is 1.00 bits per heavy atom. The molecule has 0 spiro atoms. The first-order valence-electron chi connectivity index (χ1n) is 17.5. The van der Waals surface area contributed by atoms with E-state index in [4.69, 9.17) is 9.98 Å². The average molecular weight is 652 g/mol. The monoisotopic (exact) mass is 651 g/mol. The molecule has 9 aromatic rings. The van der Waals surface area contributed by atoms with Crippen molar-refractivity contribution in [3.63, 3.8) is 0 Å². The van der Waals surface area contributed by atoms with Gasteiger partial charge in [-0.05, 0) is 78.3 Å². The van der Waals surface area contributed by atoms with E-state index in [2.05, 4.69) is 182 Å². The van der Waals surface area contributed by atoms with Gasteiger partial charge >= 0.3 is 0 Å². The maximum Gasteiger partial charge on any atom is 0.137 e.